The molecule has 0 aliphatic carbocycles. The highest BCUT2D eigenvalue weighted by Crippen LogP contribution is 2.26. The van der Waals surface area contributed by atoms with Crippen LogP contribution in [-0.4, -0.2) is 17.0 Å². The highest BCUT2D eigenvalue weighted by Gasteiger charge is 2.13. The van der Waals surface area contributed by atoms with Gasteiger partial charge in [-0.25, -0.2) is 0 Å². The molecule has 1 heterocycles. The Kier molecular flexibility index (Phi) is 3.38. The fraction of sp³-hybridized carbons (Fsp3) is 0.308. The Morgan fingerprint density at radius 3 is 2.88 bits per heavy atom. The molecule has 0 aliphatic rings. The van der Waals surface area contributed by atoms with Gasteiger partial charge in [0.2, 0.25) is 0 Å². The average Bonchev–Trinajstić information content (AvgIpc) is 2.66. The number of carbonyl (C=O) groups excluding carboxylic acids is 1. The summed E-state index contributed by atoms with van der Waals surface area (Å²) in [6, 6.07) is 7.51. The Bertz CT molecular complexity index is 560. The zero-order valence-electron chi connectivity index (χ0n) is 9.96. The van der Waals surface area contributed by atoms with E-state index in [-0.39, 0.29) is 5.91 Å². The SMILES string of the molecule is CCCNC(=O)c1cc2c(Cl)cccc2n1C. The third-order valence-electron chi connectivity index (χ3n) is 2.80. The maximum atomic E-state index is 11.9. The summed E-state index contributed by atoms with van der Waals surface area (Å²) < 4.78 is 1.87. The average molecular weight is 251 g/mol. The molecule has 0 fully saturated rings. The lowest BCUT2D eigenvalue weighted by Crippen LogP contribution is -2.25. The molecule has 3 nitrogen and oxygen atoms in total. The Morgan fingerprint density at radius 2 is 2.24 bits per heavy atom. The second-order valence-electron chi connectivity index (χ2n) is 4.02. The molecule has 0 unspecified atom stereocenters. The molecule has 17 heavy (non-hydrogen) atoms. The first-order valence-electron chi connectivity index (χ1n) is 5.67. The lowest BCUT2D eigenvalue weighted by atomic mass is 10.2. The lowest BCUT2D eigenvalue weighted by molar-refractivity contribution is 0.0946. The van der Waals surface area contributed by atoms with Gasteiger partial charge < -0.3 is 9.88 Å². The van der Waals surface area contributed by atoms with E-state index in [4.69, 9.17) is 11.6 Å². The van der Waals surface area contributed by atoms with Crippen LogP contribution in [0.3, 0.4) is 0 Å². The molecule has 0 spiro atoms. The van der Waals surface area contributed by atoms with Crippen molar-refractivity contribution in [1.29, 1.82) is 0 Å². The van der Waals surface area contributed by atoms with Crippen LogP contribution >= 0.6 is 11.6 Å². The fourth-order valence-electron chi connectivity index (χ4n) is 1.87. The smallest absolute Gasteiger partial charge is 0.267 e. The van der Waals surface area contributed by atoms with Crippen molar-refractivity contribution in [1.82, 2.24) is 9.88 Å². The van der Waals surface area contributed by atoms with Gasteiger partial charge in [0.25, 0.3) is 5.91 Å². The third kappa shape index (κ3) is 2.15. The van der Waals surface area contributed by atoms with Gasteiger partial charge in [0, 0.05) is 29.5 Å². The molecule has 4 heteroatoms. The Balaban J connectivity index is 2.45. The first kappa shape index (κ1) is 12.0. The number of hydrogen-bond donors (Lipinski definition) is 1. The number of nitrogens with zero attached hydrogens (tertiary/aromatic N) is 1. The van der Waals surface area contributed by atoms with Gasteiger partial charge >= 0.3 is 0 Å². The first-order chi connectivity index (χ1) is 8.15. The molecule has 1 aromatic carbocycles. The summed E-state index contributed by atoms with van der Waals surface area (Å²) in [5.41, 5.74) is 1.61. The van der Waals surface area contributed by atoms with Crippen LogP contribution in [0.15, 0.2) is 24.3 Å². The van der Waals surface area contributed by atoms with E-state index in [9.17, 15) is 4.79 Å². The van der Waals surface area contributed by atoms with Crippen LogP contribution in [0.1, 0.15) is 23.8 Å². The van der Waals surface area contributed by atoms with Crippen molar-refractivity contribution in [3.63, 3.8) is 0 Å². The summed E-state index contributed by atoms with van der Waals surface area (Å²) in [6.45, 7) is 2.72. The number of nitrogens with one attached hydrogen (secondary N) is 1. The summed E-state index contributed by atoms with van der Waals surface area (Å²) in [7, 11) is 1.87. The fourth-order valence-corrected chi connectivity index (χ4v) is 2.10. The topological polar surface area (TPSA) is 34.0 Å². The Morgan fingerprint density at radius 1 is 1.47 bits per heavy atom. The summed E-state index contributed by atoms with van der Waals surface area (Å²) in [4.78, 5) is 11.9. The van der Waals surface area contributed by atoms with Crippen LogP contribution in [0, 0.1) is 0 Å². The van der Waals surface area contributed by atoms with Crippen molar-refractivity contribution in [2.24, 2.45) is 7.05 Å². The van der Waals surface area contributed by atoms with E-state index in [1.165, 1.54) is 0 Å². The van der Waals surface area contributed by atoms with Crippen molar-refractivity contribution in [2.75, 3.05) is 6.54 Å². The maximum Gasteiger partial charge on any atom is 0.267 e. The number of benzene rings is 1. The van der Waals surface area contributed by atoms with Crippen molar-refractivity contribution in [2.45, 2.75) is 13.3 Å². The van der Waals surface area contributed by atoms with Crippen molar-refractivity contribution in [3.8, 4) is 0 Å². The number of hydrogen-bond acceptors (Lipinski definition) is 1. The van der Waals surface area contributed by atoms with Crippen LogP contribution in [0.2, 0.25) is 5.02 Å². The molecule has 0 atom stereocenters. The third-order valence-corrected chi connectivity index (χ3v) is 3.13. The maximum absolute atomic E-state index is 11.9. The highest BCUT2D eigenvalue weighted by atomic mass is 35.5. The summed E-state index contributed by atoms with van der Waals surface area (Å²) >= 11 is 6.11. The summed E-state index contributed by atoms with van der Waals surface area (Å²) in [5.74, 6) is -0.0541. The van der Waals surface area contributed by atoms with Crippen LogP contribution in [-0.2, 0) is 7.05 Å². The molecule has 90 valence electrons. The highest BCUT2D eigenvalue weighted by molar-refractivity contribution is 6.35. The Hall–Kier alpha value is -1.48. The van der Waals surface area contributed by atoms with E-state index in [1.807, 2.05) is 42.8 Å². The van der Waals surface area contributed by atoms with E-state index in [0.717, 1.165) is 17.3 Å². The summed E-state index contributed by atoms with van der Waals surface area (Å²) in [6.07, 6.45) is 0.927. The second kappa shape index (κ2) is 4.80. The zero-order chi connectivity index (χ0) is 12.4. The lowest BCUT2D eigenvalue weighted by Gasteiger charge is -2.04. The van der Waals surface area contributed by atoms with E-state index in [1.54, 1.807) is 0 Å². The number of carbonyl (C=O) groups is 1. The zero-order valence-corrected chi connectivity index (χ0v) is 10.7. The van der Waals surface area contributed by atoms with Crippen molar-refractivity contribution < 1.29 is 4.79 Å². The quantitative estimate of drug-likeness (QED) is 0.893. The molecule has 1 aromatic heterocycles. The monoisotopic (exact) mass is 250 g/mol. The molecule has 1 amide bonds. The van der Waals surface area contributed by atoms with Gasteiger partial charge in [-0.15, -0.1) is 0 Å². The minimum Gasteiger partial charge on any atom is -0.351 e. The molecule has 1 N–H and O–H groups in total. The van der Waals surface area contributed by atoms with E-state index >= 15 is 0 Å². The van der Waals surface area contributed by atoms with Gasteiger partial charge in [-0.05, 0) is 24.6 Å². The molecule has 2 aromatic rings. The van der Waals surface area contributed by atoms with Crippen LogP contribution in [0.4, 0.5) is 0 Å². The number of aryl methyl sites for hydroxylation is 1. The number of rotatable bonds is 3. The van der Waals surface area contributed by atoms with E-state index < -0.39 is 0 Å². The molecular weight excluding hydrogens is 236 g/mol. The van der Waals surface area contributed by atoms with E-state index in [0.29, 0.717) is 17.3 Å². The predicted molar refractivity (Wildman–Crippen MR) is 70.6 cm³/mol. The standard InChI is InChI=1S/C13H15ClN2O/c1-3-7-15-13(17)12-8-9-10(14)5-4-6-11(9)16(12)2/h4-6,8H,3,7H2,1-2H3,(H,15,17). The van der Waals surface area contributed by atoms with Gasteiger partial charge in [-0.2, -0.15) is 0 Å². The van der Waals surface area contributed by atoms with E-state index in [2.05, 4.69) is 5.32 Å². The van der Waals surface area contributed by atoms with Gasteiger partial charge in [0.15, 0.2) is 0 Å². The van der Waals surface area contributed by atoms with Crippen molar-refractivity contribution in [3.05, 3.63) is 35.0 Å². The minimum atomic E-state index is -0.0541. The normalized spacial score (nSPS) is 10.8. The van der Waals surface area contributed by atoms with Gasteiger partial charge in [-0.1, -0.05) is 24.6 Å². The molecule has 0 radical (unpaired) electrons. The number of amides is 1. The van der Waals surface area contributed by atoms with Gasteiger partial charge in [0.05, 0.1) is 0 Å². The van der Waals surface area contributed by atoms with Gasteiger partial charge in [-0.3, -0.25) is 4.79 Å². The molecule has 0 saturated heterocycles. The predicted octanol–water partition coefficient (Wildman–Crippen LogP) is 2.97. The number of halogens is 1. The minimum absolute atomic E-state index is 0.0541. The Labute approximate surface area is 105 Å². The van der Waals surface area contributed by atoms with Crippen LogP contribution in [0.25, 0.3) is 10.9 Å². The second-order valence-corrected chi connectivity index (χ2v) is 4.42. The van der Waals surface area contributed by atoms with Gasteiger partial charge in [0.1, 0.15) is 5.69 Å². The first-order valence-corrected chi connectivity index (χ1v) is 6.05. The molecular formula is C13H15ClN2O. The molecule has 0 bridgehead atoms. The van der Waals surface area contributed by atoms with Crippen LogP contribution in [0.5, 0.6) is 0 Å². The number of aromatic nitrogens is 1. The largest absolute Gasteiger partial charge is 0.351 e. The number of fused-ring (bicyclic) bond motifs is 1. The van der Waals surface area contributed by atoms with Crippen molar-refractivity contribution >= 4 is 28.4 Å². The molecule has 0 aliphatic heterocycles. The molecule has 0 saturated carbocycles. The van der Waals surface area contributed by atoms with Crippen LogP contribution < -0.4 is 5.32 Å². The molecule has 2 rings (SSSR count). The summed E-state index contributed by atoms with van der Waals surface area (Å²) in [5, 5.41) is 4.46.